The molecule has 0 saturated carbocycles. The van der Waals surface area contributed by atoms with Crippen molar-refractivity contribution in [2.45, 2.75) is 25.4 Å². The molecule has 2 aromatic heterocycles. The van der Waals surface area contributed by atoms with Crippen molar-refractivity contribution in [3.63, 3.8) is 0 Å². The molecule has 0 atom stereocenters. The van der Waals surface area contributed by atoms with E-state index in [1.807, 2.05) is 55.0 Å². The fourth-order valence-electron chi connectivity index (χ4n) is 4.76. The molecule has 1 N–H and O–H groups in total. The van der Waals surface area contributed by atoms with Crippen LogP contribution in [0.25, 0.3) is 22.5 Å². The number of hydrogen-bond donors (Lipinski definition) is 1. The van der Waals surface area contributed by atoms with Crippen LogP contribution in [-0.4, -0.2) is 54.6 Å². The van der Waals surface area contributed by atoms with Gasteiger partial charge < -0.3 is 5.32 Å². The van der Waals surface area contributed by atoms with Crippen LogP contribution in [0.4, 0.5) is 4.79 Å². The molecule has 0 radical (unpaired) electrons. The third-order valence-corrected chi connectivity index (χ3v) is 7.79. The van der Waals surface area contributed by atoms with Crippen LogP contribution in [0, 0.1) is 11.3 Å². The highest BCUT2D eigenvalue weighted by atomic mass is 32.2. The predicted octanol–water partition coefficient (Wildman–Crippen LogP) is 4.88. The molecule has 0 bridgehead atoms. The Kier molecular flexibility index (Phi) is 7.17. The second kappa shape index (κ2) is 11.2. The van der Waals surface area contributed by atoms with E-state index in [2.05, 4.69) is 42.4 Å². The summed E-state index contributed by atoms with van der Waals surface area (Å²) < 4.78 is 2.06. The van der Waals surface area contributed by atoms with E-state index in [4.69, 9.17) is 5.26 Å². The number of rotatable bonds is 6. The number of hydrazone groups is 1. The van der Waals surface area contributed by atoms with E-state index in [9.17, 15) is 4.79 Å². The lowest BCUT2D eigenvalue weighted by atomic mass is 10.1. The maximum Gasteiger partial charge on any atom is 0.302 e. The molecular formula is C29H26N8OS. The molecule has 0 spiro atoms. The SMILES string of the molecule is N#Cc1ccc(C2=NN(Cc3cccc(-c4ncc(-c5cnn(C6CCNCC6)c5)cn4)c3)C(=O)SC2)cc1. The van der Waals surface area contributed by atoms with Gasteiger partial charge in [-0.2, -0.15) is 15.5 Å². The standard InChI is InChI=1S/C29H26N8OS/c30-13-20-4-6-22(7-5-20)27-19-39-29(38)37(35-27)17-21-2-1-3-23(12-21)28-32-14-24(15-33-28)25-16-34-36(18-25)26-8-10-31-11-9-26/h1-7,12,14-16,18,26,31H,8-11,17,19H2. The van der Waals surface area contributed by atoms with Gasteiger partial charge >= 0.3 is 5.24 Å². The highest BCUT2D eigenvalue weighted by Crippen LogP contribution is 2.26. The quantitative estimate of drug-likeness (QED) is 0.375. The van der Waals surface area contributed by atoms with Gasteiger partial charge in [0, 0.05) is 41.0 Å². The number of hydrogen-bond acceptors (Lipinski definition) is 8. The first-order valence-electron chi connectivity index (χ1n) is 12.9. The summed E-state index contributed by atoms with van der Waals surface area (Å²) >= 11 is 1.23. The Hall–Kier alpha value is -4.33. The van der Waals surface area contributed by atoms with Crippen molar-refractivity contribution in [2.75, 3.05) is 18.8 Å². The van der Waals surface area contributed by atoms with Crippen LogP contribution < -0.4 is 5.32 Å². The second-order valence-corrected chi connectivity index (χ2v) is 10.5. The van der Waals surface area contributed by atoms with Gasteiger partial charge in [0.25, 0.3) is 0 Å². The van der Waals surface area contributed by atoms with Crippen molar-refractivity contribution in [3.05, 3.63) is 90.0 Å². The Morgan fingerprint density at radius 3 is 2.54 bits per heavy atom. The van der Waals surface area contributed by atoms with Gasteiger partial charge in [-0.3, -0.25) is 9.48 Å². The lowest BCUT2D eigenvalue weighted by molar-refractivity contribution is 0.222. The summed E-state index contributed by atoms with van der Waals surface area (Å²) in [4.78, 5) is 21.9. The average Bonchev–Trinajstić information content (AvgIpc) is 3.50. The van der Waals surface area contributed by atoms with Crippen LogP contribution in [0.15, 0.2) is 78.4 Å². The number of benzene rings is 2. The fraction of sp³-hybridized carbons (Fsp3) is 0.241. The number of piperidine rings is 1. The third kappa shape index (κ3) is 5.60. The summed E-state index contributed by atoms with van der Waals surface area (Å²) in [7, 11) is 0. The number of carbonyl (C=O) groups is 1. The first kappa shape index (κ1) is 25.0. The van der Waals surface area contributed by atoms with Gasteiger partial charge in [0.2, 0.25) is 0 Å². The molecule has 6 rings (SSSR count). The molecule has 10 heteroatoms. The van der Waals surface area contributed by atoms with Gasteiger partial charge in [0.15, 0.2) is 5.82 Å². The number of nitrogens with zero attached hydrogens (tertiary/aromatic N) is 7. The highest BCUT2D eigenvalue weighted by Gasteiger charge is 2.23. The van der Waals surface area contributed by atoms with Crippen molar-refractivity contribution < 1.29 is 4.79 Å². The smallest absolute Gasteiger partial charge is 0.302 e. The molecule has 4 aromatic rings. The van der Waals surface area contributed by atoms with E-state index in [0.717, 1.165) is 59.5 Å². The van der Waals surface area contributed by atoms with Crippen LogP contribution in [-0.2, 0) is 6.54 Å². The minimum Gasteiger partial charge on any atom is -0.317 e. The van der Waals surface area contributed by atoms with Crippen LogP contribution >= 0.6 is 11.8 Å². The minimum atomic E-state index is -0.0940. The Morgan fingerprint density at radius 1 is 0.974 bits per heavy atom. The van der Waals surface area contributed by atoms with Crippen LogP contribution in [0.2, 0.25) is 0 Å². The zero-order valence-corrected chi connectivity index (χ0v) is 22.0. The largest absolute Gasteiger partial charge is 0.317 e. The van der Waals surface area contributed by atoms with Gasteiger partial charge in [0.05, 0.1) is 36.1 Å². The van der Waals surface area contributed by atoms with E-state index in [1.165, 1.54) is 16.8 Å². The van der Waals surface area contributed by atoms with Crippen LogP contribution in [0.5, 0.6) is 0 Å². The molecule has 9 nitrogen and oxygen atoms in total. The van der Waals surface area contributed by atoms with Gasteiger partial charge in [0.1, 0.15) is 0 Å². The van der Waals surface area contributed by atoms with Crippen LogP contribution in [0.1, 0.15) is 35.6 Å². The number of amides is 1. The number of aromatic nitrogens is 4. The molecule has 1 fully saturated rings. The van der Waals surface area contributed by atoms with E-state index in [0.29, 0.717) is 29.7 Å². The van der Waals surface area contributed by atoms with Crippen LogP contribution in [0.3, 0.4) is 0 Å². The zero-order chi connectivity index (χ0) is 26.6. The molecule has 39 heavy (non-hydrogen) atoms. The molecule has 0 aliphatic carbocycles. The van der Waals surface area contributed by atoms with Gasteiger partial charge in [-0.05, 0) is 55.3 Å². The molecular weight excluding hydrogens is 508 g/mol. The Balaban J connectivity index is 1.17. The molecule has 0 unspecified atom stereocenters. The molecule has 2 aliphatic rings. The highest BCUT2D eigenvalue weighted by molar-refractivity contribution is 8.14. The van der Waals surface area contributed by atoms with Crippen molar-refractivity contribution >= 4 is 22.7 Å². The topological polar surface area (TPSA) is 112 Å². The summed E-state index contributed by atoms with van der Waals surface area (Å²) in [6.45, 7) is 2.38. The van der Waals surface area contributed by atoms with E-state index in [-0.39, 0.29) is 5.24 Å². The Labute approximate surface area is 230 Å². The monoisotopic (exact) mass is 534 g/mol. The summed E-state index contributed by atoms with van der Waals surface area (Å²) in [5, 5.41) is 23.0. The van der Waals surface area contributed by atoms with E-state index < -0.39 is 0 Å². The van der Waals surface area contributed by atoms with Gasteiger partial charge in [-0.15, -0.1) is 0 Å². The third-order valence-electron chi connectivity index (χ3n) is 6.92. The lowest BCUT2D eigenvalue weighted by Crippen LogP contribution is -2.29. The van der Waals surface area contributed by atoms with Gasteiger partial charge in [-0.1, -0.05) is 42.1 Å². The summed E-state index contributed by atoms with van der Waals surface area (Å²) in [6, 6.07) is 17.7. The second-order valence-electron chi connectivity index (χ2n) is 9.53. The van der Waals surface area contributed by atoms with Gasteiger partial charge in [-0.25, -0.2) is 15.0 Å². The Morgan fingerprint density at radius 2 is 1.77 bits per heavy atom. The molecule has 194 valence electrons. The number of thioether (sulfide) groups is 1. The van der Waals surface area contributed by atoms with E-state index >= 15 is 0 Å². The molecule has 1 saturated heterocycles. The first-order valence-corrected chi connectivity index (χ1v) is 13.8. The zero-order valence-electron chi connectivity index (χ0n) is 21.2. The maximum absolute atomic E-state index is 12.6. The summed E-state index contributed by atoms with van der Waals surface area (Å²) in [5.41, 5.74) is 6.04. The summed E-state index contributed by atoms with van der Waals surface area (Å²) in [6.07, 6.45) is 9.78. The average molecular weight is 535 g/mol. The fourth-order valence-corrected chi connectivity index (χ4v) is 5.50. The molecule has 1 amide bonds. The molecule has 2 aromatic carbocycles. The summed E-state index contributed by atoms with van der Waals surface area (Å²) in [5.74, 6) is 1.12. The normalized spacial score (nSPS) is 16.1. The lowest BCUT2D eigenvalue weighted by Gasteiger charge is -2.23. The van der Waals surface area contributed by atoms with Crippen molar-refractivity contribution in [3.8, 4) is 28.6 Å². The number of carbonyl (C=O) groups excluding carboxylic acids is 1. The Bertz CT molecular complexity index is 1550. The minimum absolute atomic E-state index is 0.0940. The molecule has 2 aliphatic heterocycles. The van der Waals surface area contributed by atoms with Crippen molar-refractivity contribution in [2.24, 2.45) is 5.10 Å². The number of nitrogens with one attached hydrogen (secondary N) is 1. The maximum atomic E-state index is 12.6. The molecule has 4 heterocycles. The first-order chi connectivity index (χ1) is 19.2. The van der Waals surface area contributed by atoms with Crippen molar-refractivity contribution in [1.82, 2.24) is 30.1 Å². The number of nitriles is 1. The van der Waals surface area contributed by atoms with E-state index in [1.54, 1.807) is 12.1 Å². The van der Waals surface area contributed by atoms with Crippen molar-refractivity contribution in [1.29, 1.82) is 5.26 Å². The predicted molar refractivity (Wildman–Crippen MR) is 151 cm³/mol.